The van der Waals surface area contributed by atoms with E-state index in [0.29, 0.717) is 16.7 Å². The highest BCUT2D eigenvalue weighted by Gasteiger charge is 2.10. The molecule has 0 atom stereocenters. The van der Waals surface area contributed by atoms with Gasteiger partial charge in [0.15, 0.2) is 0 Å². The highest BCUT2D eigenvalue weighted by atomic mass is 16.2. The molecule has 8 nitrogen and oxygen atoms in total. The Morgan fingerprint density at radius 1 is 1.04 bits per heavy atom. The van der Waals surface area contributed by atoms with Crippen molar-refractivity contribution in [2.75, 3.05) is 5.32 Å². The second-order valence-corrected chi connectivity index (χ2v) is 5.84. The molecule has 2 aromatic heterocycles. The largest absolute Gasteiger partial charge is 0.324 e. The number of imidazole rings is 1. The van der Waals surface area contributed by atoms with Crippen molar-refractivity contribution in [3.05, 3.63) is 69.2 Å². The van der Waals surface area contributed by atoms with Gasteiger partial charge in [0, 0.05) is 6.42 Å². The normalized spacial score (nSPS) is 11.1. The molecule has 0 radical (unpaired) electrons. The summed E-state index contributed by atoms with van der Waals surface area (Å²) in [5, 5.41) is 5.83. The zero-order valence-corrected chi connectivity index (χ0v) is 13.7. The third-order valence-electron chi connectivity index (χ3n) is 4.09. The third kappa shape index (κ3) is 2.88. The Morgan fingerprint density at radius 2 is 1.77 bits per heavy atom. The zero-order chi connectivity index (χ0) is 18.1. The molecule has 0 spiro atoms. The molecule has 4 aromatic rings. The zero-order valence-electron chi connectivity index (χ0n) is 13.7. The van der Waals surface area contributed by atoms with Gasteiger partial charge in [-0.15, -0.1) is 0 Å². The second kappa shape index (κ2) is 6.32. The lowest BCUT2D eigenvalue weighted by Crippen LogP contribution is -2.31. The summed E-state index contributed by atoms with van der Waals surface area (Å²) in [5.74, 6) is 0.0283. The maximum absolute atomic E-state index is 12.4. The number of nitrogens with zero attached hydrogens (tertiary/aromatic N) is 2. The van der Waals surface area contributed by atoms with Crippen LogP contribution in [0.5, 0.6) is 0 Å². The van der Waals surface area contributed by atoms with Crippen LogP contribution in [0.1, 0.15) is 6.42 Å². The molecule has 2 aromatic carbocycles. The summed E-state index contributed by atoms with van der Waals surface area (Å²) in [5.41, 5.74) is 0.866. The molecule has 0 bridgehead atoms. The van der Waals surface area contributed by atoms with Crippen LogP contribution in [0.4, 0.5) is 5.95 Å². The molecule has 1 amide bonds. The molecule has 0 unspecified atom stereocenters. The number of benzene rings is 2. The van der Waals surface area contributed by atoms with Gasteiger partial charge in [0.05, 0.1) is 28.4 Å². The minimum Gasteiger partial charge on any atom is -0.324 e. The van der Waals surface area contributed by atoms with Crippen molar-refractivity contribution in [2.45, 2.75) is 13.0 Å². The molecule has 130 valence electrons. The first-order chi connectivity index (χ1) is 12.6. The molecule has 0 fully saturated rings. The fourth-order valence-corrected chi connectivity index (χ4v) is 2.82. The van der Waals surface area contributed by atoms with E-state index < -0.39 is 0 Å². The monoisotopic (exact) mass is 349 g/mol. The number of hydrogen-bond acceptors (Lipinski definition) is 4. The molecule has 3 N–H and O–H groups in total. The first-order valence-corrected chi connectivity index (χ1v) is 8.08. The van der Waals surface area contributed by atoms with E-state index in [9.17, 15) is 14.4 Å². The number of carbonyl (C=O) groups excluding carboxylic acids is 1. The van der Waals surface area contributed by atoms with Crippen molar-refractivity contribution in [3.8, 4) is 0 Å². The Balaban J connectivity index is 1.51. The van der Waals surface area contributed by atoms with Crippen LogP contribution < -0.4 is 16.4 Å². The summed E-state index contributed by atoms with van der Waals surface area (Å²) in [4.78, 5) is 43.9. The number of aryl methyl sites for hydroxylation is 1. The van der Waals surface area contributed by atoms with Crippen molar-refractivity contribution in [1.82, 2.24) is 19.7 Å². The maximum atomic E-state index is 12.4. The highest BCUT2D eigenvalue weighted by molar-refractivity contribution is 5.91. The quantitative estimate of drug-likeness (QED) is 0.519. The first-order valence-electron chi connectivity index (χ1n) is 8.08. The number of para-hydroxylation sites is 2. The van der Waals surface area contributed by atoms with Gasteiger partial charge in [-0.3, -0.25) is 24.8 Å². The van der Waals surface area contributed by atoms with Crippen LogP contribution in [0, 0.1) is 0 Å². The number of amides is 1. The number of hydrogen-bond donors (Lipinski definition) is 3. The molecule has 0 aliphatic rings. The van der Waals surface area contributed by atoms with Gasteiger partial charge in [0.25, 0.3) is 11.1 Å². The molecular weight excluding hydrogens is 334 g/mol. The van der Waals surface area contributed by atoms with Crippen molar-refractivity contribution in [3.63, 3.8) is 0 Å². The molecule has 0 aliphatic heterocycles. The lowest BCUT2D eigenvalue weighted by atomic mass is 10.2. The van der Waals surface area contributed by atoms with E-state index in [0.717, 1.165) is 15.7 Å². The number of nitrogens with one attached hydrogen (secondary N) is 3. The third-order valence-corrected chi connectivity index (χ3v) is 4.09. The van der Waals surface area contributed by atoms with E-state index in [2.05, 4.69) is 20.4 Å². The minimum atomic E-state index is -0.363. The fraction of sp³-hybridized carbons (Fsp3) is 0.111. The summed E-state index contributed by atoms with van der Waals surface area (Å²) < 4.78 is 1.16. The predicted molar refractivity (Wildman–Crippen MR) is 98.2 cm³/mol. The SMILES string of the molecule is O=C(CCn1[nH]c(=O)c2ccccc2c1=O)Nc1nc2ccccc2[nH]1. The van der Waals surface area contributed by atoms with E-state index in [1.165, 1.54) is 0 Å². The molecule has 8 heteroatoms. The summed E-state index contributed by atoms with van der Waals surface area (Å²) in [7, 11) is 0. The van der Waals surface area contributed by atoms with Gasteiger partial charge in [-0.1, -0.05) is 24.3 Å². The number of H-pyrrole nitrogens is 2. The lowest BCUT2D eigenvalue weighted by Gasteiger charge is -2.07. The average Bonchev–Trinajstić information content (AvgIpc) is 3.05. The van der Waals surface area contributed by atoms with Gasteiger partial charge in [-0.05, 0) is 24.3 Å². The van der Waals surface area contributed by atoms with Gasteiger partial charge < -0.3 is 4.98 Å². The standard InChI is InChI=1S/C18H15N5O3/c24-15(21-18-19-13-7-3-4-8-14(13)20-18)9-10-23-17(26)12-6-2-1-5-11(12)16(25)22-23/h1-8H,9-10H2,(H,22,25)(H2,19,20,21,24). The second-order valence-electron chi connectivity index (χ2n) is 5.84. The van der Waals surface area contributed by atoms with Crippen LogP contribution in [-0.2, 0) is 11.3 Å². The summed E-state index contributed by atoms with van der Waals surface area (Å²) >= 11 is 0. The van der Waals surface area contributed by atoms with Gasteiger partial charge in [0.1, 0.15) is 0 Å². The van der Waals surface area contributed by atoms with Gasteiger partial charge in [-0.2, -0.15) is 0 Å². The molecule has 26 heavy (non-hydrogen) atoms. The molecule has 0 aliphatic carbocycles. The van der Waals surface area contributed by atoms with E-state index in [1.807, 2.05) is 24.3 Å². The van der Waals surface area contributed by atoms with Crippen molar-refractivity contribution in [1.29, 1.82) is 0 Å². The number of carbonyl (C=O) groups is 1. The van der Waals surface area contributed by atoms with Crippen molar-refractivity contribution < 1.29 is 4.79 Å². The van der Waals surface area contributed by atoms with Crippen LogP contribution in [0.3, 0.4) is 0 Å². The van der Waals surface area contributed by atoms with Gasteiger partial charge in [0.2, 0.25) is 11.9 Å². The molecular formula is C18H15N5O3. The average molecular weight is 349 g/mol. The van der Waals surface area contributed by atoms with Crippen LogP contribution >= 0.6 is 0 Å². The number of rotatable bonds is 4. The van der Waals surface area contributed by atoms with Crippen LogP contribution in [0.2, 0.25) is 0 Å². The Kier molecular flexibility index (Phi) is 3.85. The van der Waals surface area contributed by atoms with Crippen molar-refractivity contribution in [2.24, 2.45) is 0 Å². The van der Waals surface area contributed by atoms with E-state index in [-0.39, 0.29) is 30.0 Å². The predicted octanol–water partition coefficient (Wildman–Crippen LogP) is 1.59. The first kappa shape index (κ1) is 15.8. The smallest absolute Gasteiger partial charge is 0.273 e. The number of aromatic amines is 2. The summed E-state index contributed by atoms with van der Waals surface area (Å²) in [6.45, 7) is 0.0605. The number of aromatic nitrogens is 4. The number of anilines is 1. The molecule has 0 saturated carbocycles. The summed E-state index contributed by atoms with van der Waals surface area (Å²) in [6.07, 6.45) is 0.0191. The maximum Gasteiger partial charge on any atom is 0.273 e. The Labute approximate surface area is 146 Å². The fourth-order valence-electron chi connectivity index (χ4n) is 2.82. The van der Waals surface area contributed by atoms with Crippen LogP contribution in [0.25, 0.3) is 21.8 Å². The lowest BCUT2D eigenvalue weighted by molar-refractivity contribution is -0.116. The molecule has 0 saturated heterocycles. The number of fused-ring (bicyclic) bond motifs is 2. The Hall–Kier alpha value is -3.68. The highest BCUT2D eigenvalue weighted by Crippen LogP contribution is 2.13. The van der Waals surface area contributed by atoms with Gasteiger partial charge >= 0.3 is 0 Å². The minimum absolute atomic E-state index is 0.0191. The topological polar surface area (TPSA) is 113 Å². The van der Waals surface area contributed by atoms with Crippen molar-refractivity contribution >= 4 is 33.7 Å². The van der Waals surface area contributed by atoms with E-state index >= 15 is 0 Å². The van der Waals surface area contributed by atoms with Crippen LogP contribution in [0.15, 0.2) is 58.1 Å². The Morgan fingerprint density at radius 3 is 2.58 bits per heavy atom. The van der Waals surface area contributed by atoms with Gasteiger partial charge in [-0.25, -0.2) is 9.67 Å². The van der Waals surface area contributed by atoms with E-state index in [1.54, 1.807) is 24.3 Å². The van der Waals surface area contributed by atoms with Crippen LogP contribution in [-0.4, -0.2) is 25.7 Å². The summed E-state index contributed by atoms with van der Waals surface area (Å²) in [6, 6.07) is 14.0. The molecule has 2 heterocycles. The Bertz CT molecular complexity index is 1200. The van der Waals surface area contributed by atoms with E-state index in [4.69, 9.17) is 0 Å². The molecule has 4 rings (SSSR count).